The van der Waals surface area contributed by atoms with Gasteiger partial charge in [0, 0.05) is 39.4 Å². The number of nitrogens with one attached hydrogen (secondary N) is 1. The van der Waals surface area contributed by atoms with Crippen molar-refractivity contribution in [1.82, 2.24) is 25.1 Å². The molecule has 0 amide bonds. The molecule has 1 N–H and O–H groups in total. The van der Waals surface area contributed by atoms with Gasteiger partial charge in [0.05, 0.1) is 12.2 Å². The molecule has 0 aromatic carbocycles. The molecule has 0 aliphatic carbocycles. The molecular weight excluding hydrogens is 190 g/mol. The summed E-state index contributed by atoms with van der Waals surface area (Å²) >= 11 is 0. The highest BCUT2D eigenvalue weighted by molar-refractivity contribution is 4.98. The second-order valence-electron chi connectivity index (χ2n) is 4.07. The minimum absolute atomic E-state index is 0.861. The molecule has 1 aliphatic rings. The van der Waals surface area contributed by atoms with Crippen LogP contribution >= 0.6 is 0 Å². The van der Waals surface area contributed by atoms with Gasteiger partial charge in [0.1, 0.15) is 0 Å². The number of hydrogen-bond donors (Lipinski definition) is 1. The monoisotopic (exact) mass is 209 g/mol. The fraction of sp³-hybridized carbons (Fsp3) is 0.700. The molecule has 0 radical (unpaired) electrons. The Balaban J connectivity index is 1.77. The second-order valence-corrected chi connectivity index (χ2v) is 4.07. The summed E-state index contributed by atoms with van der Waals surface area (Å²) in [5.74, 6) is 0. The molecule has 0 spiro atoms. The first kappa shape index (κ1) is 10.6. The number of aryl methyl sites for hydroxylation is 1. The average Bonchev–Trinajstić information content (AvgIpc) is 2.63. The third kappa shape index (κ3) is 2.77. The highest BCUT2D eigenvalue weighted by Crippen LogP contribution is 1.99. The molecule has 0 atom stereocenters. The van der Waals surface area contributed by atoms with Gasteiger partial charge in [-0.05, 0) is 13.1 Å². The average molecular weight is 209 g/mol. The molecule has 1 saturated heterocycles. The van der Waals surface area contributed by atoms with E-state index >= 15 is 0 Å². The van der Waals surface area contributed by atoms with Gasteiger partial charge in [0.2, 0.25) is 0 Å². The van der Waals surface area contributed by atoms with Gasteiger partial charge in [-0.15, -0.1) is 0 Å². The van der Waals surface area contributed by atoms with E-state index in [1.165, 1.54) is 5.69 Å². The first-order valence-electron chi connectivity index (χ1n) is 5.39. The van der Waals surface area contributed by atoms with Crippen molar-refractivity contribution in [3.8, 4) is 0 Å². The topological polar surface area (TPSA) is 36.3 Å². The summed E-state index contributed by atoms with van der Waals surface area (Å²) in [5, 5.41) is 6.43. The standard InChI is InChI=1S/C10H19N5/c1-13-5-7-15(8-6-13)12-9-10-3-4-11-14(10)2/h3-4,12H,5-9H2,1-2H3. The van der Waals surface area contributed by atoms with Crippen molar-refractivity contribution in [3.05, 3.63) is 18.0 Å². The van der Waals surface area contributed by atoms with Crippen molar-refractivity contribution in [2.24, 2.45) is 7.05 Å². The van der Waals surface area contributed by atoms with E-state index in [0.717, 1.165) is 32.7 Å². The third-order valence-corrected chi connectivity index (χ3v) is 2.91. The van der Waals surface area contributed by atoms with Crippen LogP contribution in [0.2, 0.25) is 0 Å². The summed E-state index contributed by atoms with van der Waals surface area (Å²) in [5.41, 5.74) is 4.65. The van der Waals surface area contributed by atoms with Crippen LogP contribution in [0.25, 0.3) is 0 Å². The van der Waals surface area contributed by atoms with Gasteiger partial charge >= 0.3 is 0 Å². The van der Waals surface area contributed by atoms with E-state index in [-0.39, 0.29) is 0 Å². The van der Waals surface area contributed by atoms with Crippen molar-refractivity contribution in [2.45, 2.75) is 6.54 Å². The maximum Gasteiger partial charge on any atom is 0.0532 e. The zero-order chi connectivity index (χ0) is 10.7. The van der Waals surface area contributed by atoms with Crippen molar-refractivity contribution in [2.75, 3.05) is 33.2 Å². The summed E-state index contributed by atoms with van der Waals surface area (Å²) in [7, 11) is 4.14. The Kier molecular flexibility index (Phi) is 3.35. The van der Waals surface area contributed by atoms with Crippen LogP contribution in [0.15, 0.2) is 12.3 Å². The molecule has 1 aromatic heterocycles. The van der Waals surface area contributed by atoms with Crippen LogP contribution in [0, 0.1) is 0 Å². The lowest BCUT2D eigenvalue weighted by atomic mass is 10.4. The summed E-state index contributed by atoms with van der Waals surface area (Å²) in [6, 6.07) is 2.04. The lowest BCUT2D eigenvalue weighted by Gasteiger charge is -2.32. The SMILES string of the molecule is CN1CCN(NCc2ccnn2C)CC1. The third-order valence-electron chi connectivity index (χ3n) is 2.91. The van der Waals surface area contributed by atoms with E-state index in [4.69, 9.17) is 0 Å². The summed E-state index contributed by atoms with van der Waals surface area (Å²) in [4.78, 5) is 2.35. The number of hydrogen-bond acceptors (Lipinski definition) is 4. The quantitative estimate of drug-likeness (QED) is 0.740. The normalized spacial score (nSPS) is 19.6. The zero-order valence-corrected chi connectivity index (χ0v) is 9.48. The Hall–Kier alpha value is -0.910. The number of likely N-dealkylation sites (N-methyl/N-ethyl adjacent to an activating group) is 1. The summed E-state index contributed by atoms with van der Waals surface area (Å²) in [6.07, 6.45) is 1.83. The molecule has 1 aliphatic heterocycles. The first-order valence-corrected chi connectivity index (χ1v) is 5.39. The van der Waals surface area contributed by atoms with E-state index in [1.807, 2.05) is 24.0 Å². The molecule has 2 rings (SSSR count). The van der Waals surface area contributed by atoms with E-state index in [0.29, 0.717) is 0 Å². The number of aromatic nitrogens is 2. The number of piperazine rings is 1. The van der Waals surface area contributed by atoms with E-state index in [1.54, 1.807) is 0 Å². The Labute approximate surface area is 90.6 Å². The van der Waals surface area contributed by atoms with Crippen molar-refractivity contribution < 1.29 is 0 Å². The minimum atomic E-state index is 0.861. The van der Waals surface area contributed by atoms with Crippen molar-refractivity contribution in [1.29, 1.82) is 0 Å². The maximum absolute atomic E-state index is 4.14. The maximum atomic E-state index is 4.14. The van der Waals surface area contributed by atoms with Crippen LogP contribution in [0.4, 0.5) is 0 Å². The first-order chi connectivity index (χ1) is 7.25. The number of rotatable bonds is 3. The van der Waals surface area contributed by atoms with Gasteiger partial charge in [-0.25, -0.2) is 10.4 Å². The summed E-state index contributed by atoms with van der Waals surface area (Å²) < 4.78 is 1.91. The molecule has 2 heterocycles. The Bertz CT molecular complexity index is 301. The summed E-state index contributed by atoms with van der Waals surface area (Å²) in [6.45, 7) is 5.32. The highest BCUT2D eigenvalue weighted by atomic mass is 15.5. The van der Waals surface area contributed by atoms with Crippen LogP contribution in [0.1, 0.15) is 5.69 Å². The van der Waals surface area contributed by atoms with E-state index in [2.05, 4.69) is 27.5 Å². The van der Waals surface area contributed by atoms with Crippen LogP contribution in [0.3, 0.4) is 0 Å². The van der Waals surface area contributed by atoms with E-state index in [9.17, 15) is 0 Å². The van der Waals surface area contributed by atoms with E-state index < -0.39 is 0 Å². The van der Waals surface area contributed by atoms with Gasteiger partial charge in [-0.2, -0.15) is 5.10 Å². The Morgan fingerprint density at radius 2 is 2.00 bits per heavy atom. The Morgan fingerprint density at radius 1 is 1.27 bits per heavy atom. The van der Waals surface area contributed by atoms with Crippen molar-refractivity contribution in [3.63, 3.8) is 0 Å². The molecule has 5 heteroatoms. The predicted octanol–water partition coefficient (Wildman–Crippen LogP) is -0.328. The zero-order valence-electron chi connectivity index (χ0n) is 9.48. The molecule has 0 unspecified atom stereocenters. The predicted molar refractivity (Wildman–Crippen MR) is 59.1 cm³/mol. The molecule has 0 bridgehead atoms. The molecular formula is C10H19N5. The molecule has 1 aromatic rings. The lowest BCUT2D eigenvalue weighted by Crippen LogP contribution is -2.50. The highest BCUT2D eigenvalue weighted by Gasteiger charge is 2.13. The van der Waals surface area contributed by atoms with Gasteiger partial charge in [-0.3, -0.25) is 4.68 Å². The van der Waals surface area contributed by atoms with Gasteiger partial charge in [0.25, 0.3) is 0 Å². The van der Waals surface area contributed by atoms with Gasteiger partial charge in [-0.1, -0.05) is 0 Å². The molecule has 5 nitrogen and oxygen atoms in total. The molecule has 84 valence electrons. The second kappa shape index (κ2) is 4.74. The number of hydrazine groups is 1. The molecule has 15 heavy (non-hydrogen) atoms. The fourth-order valence-electron chi connectivity index (χ4n) is 1.73. The Morgan fingerprint density at radius 3 is 2.60 bits per heavy atom. The van der Waals surface area contributed by atoms with Crippen molar-refractivity contribution >= 4 is 0 Å². The van der Waals surface area contributed by atoms with Gasteiger partial charge in [0.15, 0.2) is 0 Å². The molecule has 1 fully saturated rings. The van der Waals surface area contributed by atoms with Crippen LogP contribution in [0.5, 0.6) is 0 Å². The van der Waals surface area contributed by atoms with Gasteiger partial charge < -0.3 is 4.90 Å². The van der Waals surface area contributed by atoms with Crippen LogP contribution < -0.4 is 5.43 Å². The lowest BCUT2D eigenvalue weighted by molar-refractivity contribution is 0.101. The van der Waals surface area contributed by atoms with Crippen LogP contribution in [-0.4, -0.2) is 52.9 Å². The fourth-order valence-corrected chi connectivity index (χ4v) is 1.73. The largest absolute Gasteiger partial charge is 0.304 e. The minimum Gasteiger partial charge on any atom is -0.304 e. The molecule has 0 saturated carbocycles. The van der Waals surface area contributed by atoms with Crippen LogP contribution in [-0.2, 0) is 13.6 Å². The number of nitrogens with zero attached hydrogens (tertiary/aromatic N) is 4. The smallest absolute Gasteiger partial charge is 0.0532 e.